The van der Waals surface area contributed by atoms with Crippen molar-refractivity contribution in [1.82, 2.24) is 0 Å². The van der Waals surface area contributed by atoms with Crippen molar-refractivity contribution in [2.24, 2.45) is 0 Å². The summed E-state index contributed by atoms with van der Waals surface area (Å²) in [6, 6.07) is 13.8. The minimum absolute atomic E-state index is 0.149. The lowest BCUT2D eigenvalue weighted by Gasteiger charge is -2.03. The number of hydrogen-bond acceptors (Lipinski definition) is 2. The molecule has 0 unspecified atom stereocenters. The number of rotatable bonds is 4. The van der Waals surface area contributed by atoms with Crippen LogP contribution in [0.1, 0.15) is 15.9 Å². The highest BCUT2D eigenvalue weighted by Crippen LogP contribution is 2.16. The summed E-state index contributed by atoms with van der Waals surface area (Å²) >= 11 is 5.47. The zero-order chi connectivity index (χ0) is 14.5. The maximum atomic E-state index is 12.8. The third-order valence-electron chi connectivity index (χ3n) is 2.67. The summed E-state index contributed by atoms with van der Waals surface area (Å²) < 4.78 is 12.8. The average molecular weight is 289 g/mol. The van der Waals surface area contributed by atoms with Crippen molar-refractivity contribution in [1.29, 1.82) is 0 Å². The number of benzene rings is 2. The fourth-order valence-electron chi connectivity index (χ4n) is 1.68. The maximum Gasteiger partial charge on any atom is 0.256 e. The highest BCUT2D eigenvalue weighted by Gasteiger charge is 2.18. The van der Waals surface area contributed by atoms with Crippen molar-refractivity contribution in [2.75, 3.05) is 0 Å². The van der Waals surface area contributed by atoms with Crippen LogP contribution < -0.4 is 0 Å². The lowest BCUT2D eigenvalue weighted by atomic mass is 10.0. The second-order valence-corrected chi connectivity index (χ2v) is 4.42. The average Bonchev–Trinajstić information content (AvgIpc) is 2.45. The number of ketones is 1. The molecular weight excluding hydrogens is 279 g/mol. The van der Waals surface area contributed by atoms with Crippen LogP contribution in [0.5, 0.6) is 0 Å². The van der Waals surface area contributed by atoms with Gasteiger partial charge in [-0.3, -0.25) is 9.59 Å². The molecule has 2 aromatic carbocycles. The van der Waals surface area contributed by atoms with Gasteiger partial charge in [0.25, 0.3) is 5.24 Å². The summed E-state index contributed by atoms with van der Waals surface area (Å²) in [7, 11) is 0. The summed E-state index contributed by atoms with van der Waals surface area (Å²) in [4.78, 5) is 23.6. The van der Waals surface area contributed by atoms with Crippen molar-refractivity contribution in [3.05, 3.63) is 77.1 Å². The van der Waals surface area contributed by atoms with E-state index in [1.54, 1.807) is 24.3 Å². The van der Waals surface area contributed by atoms with Gasteiger partial charge in [0.15, 0.2) is 5.78 Å². The van der Waals surface area contributed by atoms with E-state index in [2.05, 4.69) is 0 Å². The van der Waals surface area contributed by atoms with Crippen LogP contribution in [0.4, 0.5) is 4.39 Å². The monoisotopic (exact) mass is 288 g/mol. The first kappa shape index (κ1) is 14.2. The topological polar surface area (TPSA) is 34.1 Å². The molecule has 0 heterocycles. The molecule has 100 valence electrons. The van der Waals surface area contributed by atoms with Gasteiger partial charge in [0, 0.05) is 5.56 Å². The van der Waals surface area contributed by atoms with Crippen molar-refractivity contribution in [2.45, 2.75) is 0 Å². The van der Waals surface area contributed by atoms with Gasteiger partial charge < -0.3 is 0 Å². The first-order chi connectivity index (χ1) is 9.58. The molecule has 0 spiro atoms. The Balaban J connectivity index is 2.39. The van der Waals surface area contributed by atoms with Gasteiger partial charge in [-0.25, -0.2) is 4.39 Å². The van der Waals surface area contributed by atoms with Gasteiger partial charge in [0.1, 0.15) is 5.82 Å². The zero-order valence-electron chi connectivity index (χ0n) is 10.3. The summed E-state index contributed by atoms with van der Waals surface area (Å²) in [5.41, 5.74) is 0.749. The molecule has 0 N–H and O–H groups in total. The molecule has 0 amide bonds. The Morgan fingerprint density at radius 1 is 0.950 bits per heavy atom. The number of allylic oxidation sites excluding steroid dienone is 1. The van der Waals surface area contributed by atoms with E-state index in [0.717, 1.165) is 12.1 Å². The van der Waals surface area contributed by atoms with Crippen molar-refractivity contribution < 1.29 is 14.0 Å². The van der Waals surface area contributed by atoms with E-state index in [9.17, 15) is 14.0 Å². The molecule has 2 nitrogen and oxygen atoms in total. The minimum Gasteiger partial charge on any atom is -0.288 e. The van der Waals surface area contributed by atoms with E-state index in [1.165, 1.54) is 18.2 Å². The van der Waals surface area contributed by atoms with Crippen LogP contribution in [0.2, 0.25) is 0 Å². The molecule has 4 heteroatoms. The summed E-state index contributed by atoms with van der Waals surface area (Å²) in [5.74, 6) is -0.985. The van der Waals surface area contributed by atoms with E-state index in [4.69, 9.17) is 11.6 Å². The molecule has 2 aromatic rings. The van der Waals surface area contributed by atoms with Gasteiger partial charge in [-0.05, 0) is 47.5 Å². The SMILES string of the molecule is O=C(Cl)C(=Cc1ccccc1)C(=O)c1ccc(F)cc1. The Bertz CT molecular complexity index is 661. The Kier molecular flexibility index (Phi) is 4.43. The van der Waals surface area contributed by atoms with Crippen LogP contribution in [0.25, 0.3) is 6.08 Å². The smallest absolute Gasteiger partial charge is 0.256 e. The molecule has 0 saturated carbocycles. The third kappa shape index (κ3) is 3.39. The second kappa shape index (κ2) is 6.26. The molecule has 0 saturated heterocycles. The van der Waals surface area contributed by atoms with Crippen LogP contribution in [0.3, 0.4) is 0 Å². The van der Waals surface area contributed by atoms with Crippen LogP contribution in [0.15, 0.2) is 60.2 Å². The van der Waals surface area contributed by atoms with Crippen LogP contribution >= 0.6 is 11.6 Å². The fourth-order valence-corrected chi connectivity index (χ4v) is 1.82. The Morgan fingerprint density at radius 2 is 1.55 bits per heavy atom. The second-order valence-electron chi connectivity index (χ2n) is 4.08. The van der Waals surface area contributed by atoms with Gasteiger partial charge in [-0.2, -0.15) is 0 Å². The molecule has 2 rings (SSSR count). The number of Topliss-reactive ketones (excluding diaryl/α,β-unsaturated/α-hetero) is 1. The molecular formula is C16H10ClFO2. The maximum absolute atomic E-state index is 12.8. The normalized spacial score (nSPS) is 11.2. The molecule has 0 aliphatic rings. The molecule has 0 aliphatic carbocycles. The highest BCUT2D eigenvalue weighted by atomic mass is 35.5. The molecule has 0 radical (unpaired) electrons. The standard InChI is InChI=1S/C16H10ClFO2/c17-16(20)14(10-11-4-2-1-3-5-11)15(19)12-6-8-13(18)9-7-12/h1-10H. The largest absolute Gasteiger partial charge is 0.288 e. The number of carbonyl (C=O) groups is 2. The van der Waals surface area contributed by atoms with Gasteiger partial charge in [-0.1, -0.05) is 30.3 Å². The molecule has 0 fully saturated rings. The number of halogens is 2. The van der Waals surface area contributed by atoms with Gasteiger partial charge in [0.2, 0.25) is 0 Å². The van der Waals surface area contributed by atoms with Gasteiger partial charge >= 0.3 is 0 Å². The van der Waals surface area contributed by atoms with Crippen LogP contribution in [-0.4, -0.2) is 11.0 Å². The summed E-state index contributed by atoms with van der Waals surface area (Å²) in [6.07, 6.45) is 1.42. The van der Waals surface area contributed by atoms with Crippen LogP contribution in [0, 0.1) is 5.82 Å². The van der Waals surface area contributed by atoms with Crippen LogP contribution in [-0.2, 0) is 4.79 Å². The van der Waals surface area contributed by atoms with E-state index >= 15 is 0 Å². The number of hydrogen-bond donors (Lipinski definition) is 0. The first-order valence-electron chi connectivity index (χ1n) is 5.85. The summed E-state index contributed by atoms with van der Waals surface area (Å²) in [6.45, 7) is 0. The Hall–Kier alpha value is -2.26. The molecule has 0 bridgehead atoms. The third-order valence-corrected chi connectivity index (χ3v) is 2.88. The molecule has 0 aromatic heterocycles. The molecule has 20 heavy (non-hydrogen) atoms. The zero-order valence-corrected chi connectivity index (χ0v) is 11.1. The highest BCUT2D eigenvalue weighted by molar-refractivity contribution is 6.71. The number of carbonyl (C=O) groups excluding carboxylic acids is 2. The van der Waals surface area contributed by atoms with E-state index in [-0.39, 0.29) is 11.1 Å². The Labute approximate surface area is 120 Å². The van der Waals surface area contributed by atoms with E-state index < -0.39 is 16.8 Å². The summed E-state index contributed by atoms with van der Waals surface area (Å²) in [5, 5.41) is -0.844. The fraction of sp³-hybridized carbons (Fsp3) is 0. The lowest BCUT2D eigenvalue weighted by molar-refractivity contribution is -0.108. The molecule has 0 aliphatic heterocycles. The minimum atomic E-state index is -0.844. The van der Waals surface area contributed by atoms with Crippen molar-refractivity contribution in [3.8, 4) is 0 Å². The van der Waals surface area contributed by atoms with Gasteiger partial charge in [0.05, 0.1) is 5.57 Å². The predicted molar refractivity (Wildman–Crippen MR) is 76.0 cm³/mol. The quantitative estimate of drug-likeness (QED) is 0.281. The van der Waals surface area contributed by atoms with Gasteiger partial charge in [-0.15, -0.1) is 0 Å². The predicted octanol–water partition coefficient (Wildman–Crippen LogP) is 3.86. The first-order valence-corrected chi connectivity index (χ1v) is 6.22. The Morgan fingerprint density at radius 3 is 2.10 bits per heavy atom. The molecule has 0 atom stereocenters. The van der Waals surface area contributed by atoms with Crippen molar-refractivity contribution in [3.63, 3.8) is 0 Å². The van der Waals surface area contributed by atoms with E-state index in [0.29, 0.717) is 5.56 Å². The van der Waals surface area contributed by atoms with E-state index in [1.807, 2.05) is 6.07 Å². The van der Waals surface area contributed by atoms with Crippen molar-refractivity contribution >= 4 is 28.7 Å². The lowest BCUT2D eigenvalue weighted by Crippen LogP contribution is -2.09.